The zero-order valence-corrected chi connectivity index (χ0v) is 7.08. The molecular formula is C8H9N3O2. The Morgan fingerprint density at radius 3 is 2.92 bits per heavy atom. The minimum atomic E-state index is -0.969. The molecule has 5 nitrogen and oxygen atoms in total. The maximum Gasteiger partial charge on any atom is 0.328 e. The van der Waals surface area contributed by atoms with E-state index in [9.17, 15) is 4.79 Å². The monoisotopic (exact) mass is 179 g/mol. The van der Waals surface area contributed by atoms with Gasteiger partial charge in [-0.3, -0.25) is 0 Å². The number of aliphatic carboxylic acids is 1. The van der Waals surface area contributed by atoms with Gasteiger partial charge in [0.15, 0.2) is 0 Å². The van der Waals surface area contributed by atoms with Gasteiger partial charge in [0.05, 0.1) is 6.20 Å². The fraction of sp³-hybridized carbons (Fsp3) is 0.125. The molecule has 0 saturated carbocycles. The fourth-order valence-electron chi connectivity index (χ4n) is 0.730. The minimum absolute atomic E-state index is 0.692. The van der Waals surface area contributed by atoms with Gasteiger partial charge in [0.1, 0.15) is 5.69 Å². The van der Waals surface area contributed by atoms with Crippen LogP contribution < -0.4 is 0 Å². The molecular weight excluding hydrogens is 170 g/mol. The number of carbonyl (C=O) groups is 1. The average molecular weight is 179 g/mol. The quantitative estimate of drug-likeness (QED) is 0.541. The van der Waals surface area contributed by atoms with Crippen LogP contribution in [0.15, 0.2) is 24.4 Å². The van der Waals surface area contributed by atoms with Crippen molar-refractivity contribution in [2.75, 3.05) is 0 Å². The molecule has 0 atom stereocenters. The zero-order valence-electron chi connectivity index (χ0n) is 7.08. The van der Waals surface area contributed by atoms with Crippen molar-refractivity contribution in [3.8, 4) is 0 Å². The summed E-state index contributed by atoms with van der Waals surface area (Å²) in [6.07, 6.45) is 7.33. The molecule has 1 aromatic rings. The van der Waals surface area contributed by atoms with Crippen molar-refractivity contribution in [1.82, 2.24) is 15.0 Å². The van der Waals surface area contributed by atoms with Gasteiger partial charge >= 0.3 is 5.97 Å². The molecule has 0 aliphatic rings. The third-order valence-electron chi connectivity index (χ3n) is 1.23. The van der Waals surface area contributed by atoms with Crippen molar-refractivity contribution in [1.29, 1.82) is 0 Å². The molecule has 0 amide bonds. The Balaban J connectivity index is 2.54. The molecule has 0 fully saturated rings. The van der Waals surface area contributed by atoms with E-state index in [4.69, 9.17) is 5.11 Å². The average Bonchev–Trinajstić information content (AvgIpc) is 2.45. The summed E-state index contributed by atoms with van der Waals surface area (Å²) in [5.74, 6) is -0.969. The van der Waals surface area contributed by atoms with E-state index in [-0.39, 0.29) is 0 Å². The summed E-state index contributed by atoms with van der Waals surface area (Å²) in [6.45, 7) is 0. The van der Waals surface area contributed by atoms with Crippen molar-refractivity contribution in [3.63, 3.8) is 0 Å². The second kappa shape index (κ2) is 4.20. The number of allylic oxidation sites excluding steroid dienone is 2. The first-order valence-corrected chi connectivity index (χ1v) is 3.62. The first kappa shape index (κ1) is 9.18. The van der Waals surface area contributed by atoms with Gasteiger partial charge in [-0.05, 0) is 6.08 Å². The van der Waals surface area contributed by atoms with Crippen LogP contribution in [0, 0.1) is 0 Å². The maximum absolute atomic E-state index is 10.1. The second-order valence-electron chi connectivity index (χ2n) is 2.32. The standard InChI is InChI=1S/C8H9N3O2/c1-11-9-6-7(10-11)4-2-3-5-8(12)13/h2-6H,1H3,(H,12,13)/b4-2+,5-3+. The smallest absolute Gasteiger partial charge is 0.328 e. The van der Waals surface area contributed by atoms with Gasteiger partial charge in [-0.2, -0.15) is 15.0 Å². The van der Waals surface area contributed by atoms with Crippen molar-refractivity contribution < 1.29 is 9.90 Å². The van der Waals surface area contributed by atoms with Crippen LogP contribution in [-0.2, 0) is 11.8 Å². The van der Waals surface area contributed by atoms with Crippen molar-refractivity contribution in [2.24, 2.45) is 7.05 Å². The number of aryl methyl sites for hydroxylation is 1. The third kappa shape index (κ3) is 3.33. The Labute approximate surface area is 75.0 Å². The molecule has 0 spiro atoms. The predicted octanol–water partition coefficient (Wildman–Crippen LogP) is 0.469. The molecule has 68 valence electrons. The van der Waals surface area contributed by atoms with Crippen LogP contribution in [0.5, 0.6) is 0 Å². The summed E-state index contributed by atoms with van der Waals surface area (Å²) in [5.41, 5.74) is 0.692. The fourth-order valence-corrected chi connectivity index (χ4v) is 0.730. The molecule has 0 aromatic carbocycles. The van der Waals surface area contributed by atoms with Gasteiger partial charge < -0.3 is 5.11 Å². The van der Waals surface area contributed by atoms with Crippen LogP contribution in [0.1, 0.15) is 5.69 Å². The highest BCUT2D eigenvalue weighted by Crippen LogP contribution is 1.93. The number of carboxylic acids is 1. The lowest BCUT2D eigenvalue weighted by atomic mass is 10.4. The van der Waals surface area contributed by atoms with E-state index in [1.54, 1.807) is 25.4 Å². The van der Waals surface area contributed by atoms with Gasteiger partial charge in [-0.1, -0.05) is 12.2 Å². The Bertz CT molecular complexity index is 352. The molecule has 1 aromatic heterocycles. The first-order chi connectivity index (χ1) is 6.18. The maximum atomic E-state index is 10.1. The second-order valence-corrected chi connectivity index (χ2v) is 2.32. The lowest BCUT2D eigenvalue weighted by molar-refractivity contribution is -0.131. The van der Waals surface area contributed by atoms with Crippen LogP contribution in [0.4, 0.5) is 0 Å². The molecule has 1 rings (SSSR count). The first-order valence-electron chi connectivity index (χ1n) is 3.62. The molecule has 1 heterocycles. The van der Waals surface area contributed by atoms with E-state index in [0.29, 0.717) is 5.69 Å². The Morgan fingerprint density at radius 1 is 1.62 bits per heavy atom. The molecule has 13 heavy (non-hydrogen) atoms. The number of aromatic nitrogens is 3. The highest BCUT2D eigenvalue weighted by Gasteiger charge is 1.89. The summed E-state index contributed by atoms with van der Waals surface area (Å²) in [4.78, 5) is 11.5. The van der Waals surface area contributed by atoms with Gasteiger partial charge in [-0.15, -0.1) is 0 Å². The summed E-state index contributed by atoms with van der Waals surface area (Å²) < 4.78 is 0. The van der Waals surface area contributed by atoms with E-state index in [1.165, 1.54) is 10.9 Å². The minimum Gasteiger partial charge on any atom is -0.478 e. The molecule has 5 heteroatoms. The normalized spacial score (nSPS) is 11.5. The lowest BCUT2D eigenvalue weighted by Crippen LogP contribution is -1.91. The molecule has 0 bridgehead atoms. The molecule has 1 N–H and O–H groups in total. The summed E-state index contributed by atoms with van der Waals surface area (Å²) >= 11 is 0. The highest BCUT2D eigenvalue weighted by molar-refractivity contribution is 5.80. The van der Waals surface area contributed by atoms with E-state index in [1.807, 2.05) is 0 Å². The SMILES string of the molecule is Cn1ncc(/C=C/C=C/C(=O)O)n1. The van der Waals surface area contributed by atoms with E-state index >= 15 is 0 Å². The Morgan fingerprint density at radius 2 is 2.38 bits per heavy atom. The molecule has 0 aliphatic carbocycles. The van der Waals surface area contributed by atoms with E-state index in [0.717, 1.165) is 6.08 Å². The molecule has 0 unspecified atom stereocenters. The van der Waals surface area contributed by atoms with Crippen molar-refractivity contribution in [2.45, 2.75) is 0 Å². The number of hydrogen-bond acceptors (Lipinski definition) is 3. The summed E-state index contributed by atoms with van der Waals surface area (Å²) in [6, 6.07) is 0. The van der Waals surface area contributed by atoms with E-state index < -0.39 is 5.97 Å². The highest BCUT2D eigenvalue weighted by atomic mass is 16.4. The topological polar surface area (TPSA) is 68.0 Å². The van der Waals surface area contributed by atoms with Gasteiger partial charge in [0.25, 0.3) is 0 Å². The lowest BCUT2D eigenvalue weighted by Gasteiger charge is -1.80. The molecule has 0 radical (unpaired) electrons. The predicted molar refractivity (Wildman–Crippen MR) is 46.8 cm³/mol. The largest absolute Gasteiger partial charge is 0.478 e. The molecule has 0 aliphatic heterocycles. The number of hydrogen-bond donors (Lipinski definition) is 1. The van der Waals surface area contributed by atoms with E-state index in [2.05, 4.69) is 10.2 Å². The summed E-state index contributed by atoms with van der Waals surface area (Å²) in [5, 5.41) is 16.1. The van der Waals surface area contributed by atoms with Crippen LogP contribution in [0.2, 0.25) is 0 Å². The van der Waals surface area contributed by atoms with Crippen LogP contribution in [-0.4, -0.2) is 26.1 Å². The third-order valence-corrected chi connectivity index (χ3v) is 1.23. The van der Waals surface area contributed by atoms with Crippen molar-refractivity contribution in [3.05, 3.63) is 30.1 Å². The van der Waals surface area contributed by atoms with Gasteiger partial charge in [-0.25, -0.2) is 4.79 Å². The summed E-state index contributed by atoms with van der Waals surface area (Å²) in [7, 11) is 1.71. The zero-order chi connectivity index (χ0) is 9.68. The molecule has 0 saturated heterocycles. The number of rotatable bonds is 3. The number of carboxylic acid groups (broad SMARTS) is 1. The Hall–Kier alpha value is -1.91. The van der Waals surface area contributed by atoms with Crippen LogP contribution >= 0.6 is 0 Å². The Kier molecular flexibility index (Phi) is 2.97. The number of nitrogens with zero attached hydrogens (tertiary/aromatic N) is 3. The van der Waals surface area contributed by atoms with Gasteiger partial charge in [0, 0.05) is 13.1 Å². The van der Waals surface area contributed by atoms with Crippen LogP contribution in [0.3, 0.4) is 0 Å². The van der Waals surface area contributed by atoms with Crippen LogP contribution in [0.25, 0.3) is 6.08 Å². The van der Waals surface area contributed by atoms with Gasteiger partial charge in [0.2, 0.25) is 0 Å². The van der Waals surface area contributed by atoms with Crippen molar-refractivity contribution >= 4 is 12.0 Å².